The molecule has 6 heteroatoms. The standard InChI is InChI=1S/C15H25N3O3/c1-5-18(14(20)21-15(2,3)4)9-8-16-10-12-6-7-13(19)11-17-12/h6-7,11,16,19H,5,8-10H2,1-4H3. The zero-order valence-electron chi connectivity index (χ0n) is 13.2. The fourth-order valence-electron chi connectivity index (χ4n) is 1.66. The summed E-state index contributed by atoms with van der Waals surface area (Å²) >= 11 is 0. The number of hydrogen-bond acceptors (Lipinski definition) is 5. The molecule has 21 heavy (non-hydrogen) atoms. The summed E-state index contributed by atoms with van der Waals surface area (Å²) in [5.41, 5.74) is 0.363. The van der Waals surface area contributed by atoms with Crippen molar-refractivity contribution in [3.63, 3.8) is 0 Å². The number of likely N-dealkylation sites (N-methyl/N-ethyl adjacent to an activating group) is 1. The summed E-state index contributed by atoms with van der Waals surface area (Å²) in [7, 11) is 0. The van der Waals surface area contributed by atoms with Gasteiger partial charge in [-0.1, -0.05) is 0 Å². The van der Waals surface area contributed by atoms with Gasteiger partial charge in [0.15, 0.2) is 0 Å². The molecule has 118 valence electrons. The molecular weight excluding hydrogens is 270 g/mol. The molecule has 0 radical (unpaired) electrons. The summed E-state index contributed by atoms with van der Waals surface area (Å²) < 4.78 is 5.34. The second-order valence-electron chi connectivity index (χ2n) is 5.74. The van der Waals surface area contributed by atoms with E-state index in [0.717, 1.165) is 5.69 Å². The van der Waals surface area contributed by atoms with E-state index >= 15 is 0 Å². The Morgan fingerprint density at radius 1 is 1.43 bits per heavy atom. The van der Waals surface area contributed by atoms with Gasteiger partial charge in [-0.05, 0) is 39.8 Å². The van der Waals surface area contributed by atoms with Gasteiger partial charge in [0.05, 0.1) is 11.9 Å². The molecule has 0 aliphatic rings. The summed E-state index contributed by atoms with van der Waals surface area (Å²) in [5, 5.41) is 12.4. The molecule has 1 heterocycles. The Morgan fingerprint density at radius 3 is 2.67 bits per heavy atom. The highest BCUT2D eigenvalue weighted by atomic mass is 16.6. The highest BCUT2D eigenvalue weighted by Crippen LogP contribution is 2.09. The van der Waals surface area contributed by atoms with Gasteiger partial charge in [0, 0.05) is 26.2 Å². The second kappa shape index (κ2) is 7.83. The lowest BCUT2D eigenvalue weighted by Crippen LogP contribution is -2.40. The first-order valence-electron chi connectivity index (χ1n) is 7.14. The normalized spacial score (nSPS) is 11.2. The number of nitrogens with one attached hydrogen (secondary N) is 1. The first-order chi connectivity index (χ1) is 9.81. The van der Waals surface area contributed by atoms with E-state index in [1.165, 1.54) is 6.20 Å². The zero-order valence-corrected chi connectivity index (χ0v) is 13.2. The number of nitrogens with zero attached hydrogens (tertiary/aromatic N) is 2. The Morgan fingerprint density at radius 2 is 2.14 bits per heavy atom. The largest absolute Gasteiger partial charge is 0.506 e. The van der Waals surface area contributed by atoms with E-state index in [2.05, 4.69) is 10.3 Å². The fourth-order valence-corrected chi connectivity index (χ4v) is 1.66. The molecule has 0 atom stereocenters. The van der Waals surface area contributed by atoms with E-state index < -0.39 is 5.60 Å². The number of ether oxygens (including phenoxy) is 1. The van der Waals surface area contributed by atoms with Gasteiger partial charge in [0.1, 0.15) is 11.4 Å². The van der Waals surface area contributed by atoms with Crippen molar-refractivity contribution >= 4 is 6.09 Å². The summed E-state index contributed by atoms with van der Waals surface area (Å²) in [4.78, 5) is 17.7. The molecule has 0 aliphatic carbocycles. The number of aromatic nitrogens is 1. The summed E-state index contributed by atoms with van der Waals surface area (Å²) in [6.45, 7) is 9.90. The highest BCUT2D eigenvalue weighted by Gasteiger charge is 2.20. The highest BCUT2D eigenvalue weighted by molar-refractivity contribution is 5.68. The molecule has 1 aromatic rings. The molecule has 0 bridgehead atoms. The predicted octanol–water partition coefficient (Wildman–Crippen LogP) is 2.13. The van der Waals surface area contributed by atoms with E-state index in [0.29, 0.717) is 26.2 Å². The van der Waals surface area contributed by atoms with Crippen LogP contribution in [0.25, 0.3) is 0 Å². The molecule has 0 aromatic carbocycles. The van der Waals surface area contributed by atoms with E-state index in [1.807, 2.05) is 27.7 Å². The van der Waals surface area contributed by atoms with E-state index in [9.17, 15) is 4.79 Å². The van der Waals surface area contributed by atoms with Crippen molar-refractivity contribution in [1.82, 2.24) is 15.2 Å². The van der Waals surface area contributed by atoms with Crippen LogP contribution in [0.3, 0.4) is 0 Å². The number of pyridine rings is 1. The number of hydrogen-bond donors (Lipinski definition) is 2. The lowest BCUT2D eigenvalue weighted by atomic mass is 10.2. The first kappa shape index (κ1) is 17.2. The molecule has 0 aliphatic heterocycles. The third-order valence-corrected chi connectivity index (χ3v) is 2.71. The average Bonchev–Trinajstić information content (AvgIpc) is 2.38. The lowest BCUT2D eigenvalue weighted by molar-refractivity contribution is 0.0262. The van der Waals surface area contributed by atoms with Crippen LogP contribution in [-0.4, -0.2) is 46.3 Å². The van der Waals surface area contributed by atoms with Crippen molar-refractivity contribution in [2.45, 2.75) is 39.8 Å². The van der Waals surface area contributed by atoms with E-state index in [1.54, 1.807) is 17.0 Å². The topological polar surface area (TPSA) is 74.7 Å². The summed E-state index contributed by atoms with van der Waals surface area (Å²) in [5.74, 6) is 0.154. The van der Waals surface area contributed by atoms with Gasteiger partial charge < -0.3 is 20.1 Å². The van der Waals surface area contributed by atoms with Crippen molar-refractivity contribution in [2.75, 3.05) is 19.6 Å². The molecule has 0 fully saturated rings. The van der Waals surface area contributed by atoms with Crippen LogP contribution >= 0.6 is 0 Å². The molecule has 1 aromatic heterocycles. The van der Waals surface area contributed by atoms with Crippen molar-refractivity contribution in [1.29, 1.82) is 0 Å². The summed E-state index contributed by atoms with van der Waals surface area (Å²) in [6.07, 6.45) is 1.12. The van der Waals surface area contributed by atoms with Crippen LogP contribution in [0.1, 0.15) is 33.4 Å². The fraction of sp³-hybridized carbons (Fsp3) is 0.600. The van der Waals surface area contributed by atoms with Gasteiger partial charge >= 0.3 is 6.09 Å². The van der Waals surface area contributed by atoms with Crippen molar-refractivity contribution < 1.29 is 14.6 Å². The smallest absolute Gasteiger partial charge is 0.410 e. The van der Waals surface area contributed by atoms with Crippen LogP contribution in [0, 0.1) is 0 Å². The maximum absolute atomic E-state index is 11.9. The van der Waals surface area contributed by atoms with Gasteiger partial charge in [0.2, 0.25) is 0 Å². The predicted molar refractivity (Wildman–Crippen MR) is 81.1 cm³/mol. The summed E-state index contributed by atoms with van der Waals surface area (Å²) in [6, 6.07) is 3.36. The van der Waals surface area contributed by atoms with Gasteiger partial charge in [-0.25, -0.2) is 4.79 Å². The van der Waals surface area contributed by atoms with Crippen LogP contribution in [0.15, 0.2) is 18.3 Å². The minimum Gasteiger partial charge on any atom is -0.506 e. The van der Waals surface area contributed by atoms with Gasteiger partial charge in [-0.2, -0.15) is 0 Å². The molecule has 1 rings (SSSR count). The number of carbonyl (C=O) groups excluding carboxylic acids is 1. The molecule has 1 amide bonds. The minimum atomic E-state index is -0.478. The zero-order chi connectivity index (χ0) is 15.9. The Kier molecular flexibility index (Phi) is 6.42. The Labute approximate surface area is 126 Å². The maximum atomic E-state index is 11.9. The van der Waals surface area contributed by atoms with Crippen molar-refractivity contribution in [3.8, 4) is 5.75 Å². The molecule has 0 unspecified atom stereocenters. The third-order valence-electron chi connectivity index (χ3n) is 2.71. The molecule has 6 nitrogen and oxygen atoms in total. The number of carbonyl (C=O) groups is 1. The molecule has 0 spiro atoms. The van der Waals surface area contributed by atoms with E-state index in [-0.39, 0.29) is 11.8 Å². The number of amides is 1. The van der Waals surface area contributed by atoms with Crippen LogP contribution < -0.4 is 5.32 Å². The third kappa shape index (κ3) is 6.94. The number of rotatable bonds is 6. The molecule has 2 N–H and O–H groups in total. The minimum absolute atomic E-state index is 0.154. The van der Waals surface area contributed by atoms with Gasteiger partial charge in [-0.15, -0.1) is 0 Å². The van der Waals surface area contributed by atoms with Crippen molar-refractivity contribution in [2.24, 2.45) is 0 Å². The van der Waals surface area contributed by atoms with Crippen LogP contribution in [0.4, 0.5) is 4.79 Å². The monoisotopic (exact) mass is 295 g/mol. The number of aromatic hydroxyl groups is 1. The Balaban J connectivity index is 2.32. The SMILES string of the molecule is CCN(CCNCc1ccc(O)cn1)C(=O)OC(C)(C)C. The lowest BCUT2D eigenvalue weighted by Gasteiger charge is -2.26. The average molecular weight is 295 g/mol. The molecular formula is C15H25N3O3. The molecule has 0 saturated heterocycles. The van der Waals surface area contributed by atoms with Crippen LogP contribution in [0.2, 0.25) is 0 Å². The maximum Gasteiger partial charge on any atom is 0.410 e. The van der Waals surface area contributed by atoms with Crippen LogP contribution in [0.5, 0.6) is 5.75 Å². The molecule has 0 saturated carbocycles. The Hall–Kier alpha value is -1.82. The van der Waals surface area contributed by atoms with Crippen LogP contribution in [-0.2, 0) is 11.3 Å². The van der Waals surface area contributed by atoms with Crippen molar-refractivity contribution in [3.05, 3.63) is 24.0 Å². The quantitative estimate of drug-likeness (QED) is 0.786. The second-order valence-corrected chi connectivity index (χ2v) is 5.74. The van der Waals surface area contributed by atoms with Gasteiger partial charge in [0.25, 0.3) is 0 Å². The van der Waals surface area contributed by atoms with Gasteiger partial charge in [-0.3, -0.25) is 4.98 Å². The Bertz CT molecular complexity index is 440. The first-order valence-corrected chi connectivity index (χ1v) is 7.14. The van der Waals surface area contributed by atoms with E-state index in [4.69, 9.17) is 9.84 Å².